The lowest BCUT2D eigenvalue weighted by Gasteiger charge is -2.38. The number of piperidine rings is 1. The number of fused-ring (bicyclic) bond motifs is 1. The Bertz CT molecular complexity index is 885. The highest BCUT2D eigenvalue weighted by molar-refractivity contribution is 5.81. The molecule has 7 nitrogen and oxygen atoms in total. The molecule has 0 radical (unpaired) electrons. The molecule has 5 rings (SSSR count). The minimum atomic E-state index is -0.152. The maximum Gasteiger partial charge on any atom is 0.254 e. The monoisotopic (exact) mass is 412 g/mol. The number of H-pyrrole nitrogens is 1. The van der Waals surface area contributed by atoms with Gasteiger partial charge >= 0.3 is 0 Å². The number of rotatable bonds is 3. The molecule has 0 aromatic carbocycles. The number of aromatic amines is 1. The average Bonchev–Trinajstić information content (AvgIpc) is 3.64. The second-order valence-electron chi connectivity index (χ2n) is 9.54. The molecule has 2 amide bonds. The number of carbonyl (C=O) groups is 2. The van der Waals surface area contributed by atoms with Gasteiger partial charge in [-0.25, -0.2) is 4.98 Å². The molecule has 1 saturated heterocycles. The van der Waals surface area contributed by atoms with Gasteiger partial charge in [0.25, 0.3) is 5.56 Å². The first-order valence-corrected chi connectivity index (χ1v) is 11.8. The number of carbonyl (C=O) groups excluding carboxylic acids is 2. The molecule has 0 spiro atoms. The highest BCUT2D eigenvalue weighted by Gasteiger charge is 2.37. The zero-order valence-corrected chi connectivity index (χ0v) is 17.7. The summed E-state index contributed by atoms with van der Waals surface area (Å²) in [5, 5.41) is 0. The van der Waals surface area contributed by atoms with Gasteiger partial charge in [0.05, 0.1) is 18.3 Å². The highest BCUT2D eigenvalue weighted by atomic mass is 16.2. The van der Waals surface area contributed by atoms with E-state index in [1.807, 2.05) is 9.80 Å². The molecular weight excluding hydrogens is 380 g/mol. The Labute approximate surface area is 177 Å². The standard InChI is InChI=1S/C23H32N4O3/c28-21-17-11-13-26(22(29)16-9-10-16)14-18(17)24-20(25-21)19-8-4-5-12-27(19)23(30)15-6-2-1-3-7-15/h15-16,19H,1-14H2,(H,24,25,28)/t19-/m1/s1. The van der Waals surface area contributed by atoms with Crippen molar-refractivity contribution in [1.29, 1.82) is 0 Å². The van der Waals surface area contributed by atoms with Crippen molar-refractivity contribution in [2.24, 2.45) is 11.8 Å². The topological polar surface area (TPSA) is 86.4 Å². The van der Waals surface area contributed by atoms with Crippen LogP contribution in [0.1, 0.15) is 87.3 Å². The van der Waals surface area contributed by atoms with Crippen molar-refractivity contribution in [3.8, 4) is 0 Å². The number of aromatic nitrogens is 2. The Hall–Kier alpha value is -2.18. The number of amides is 2. The summed E-state index contributed by atoms with van der Waals surface area (Å²) in [5.41, 5.74) is 1.34. The van der Waals surface area contributed by atoms with Crippen LogP contribution in [0.4, 0.5) is 0 Å². The van der Waals surface area contributed by atoms with E-state index in [0.29, 0.717) is 30.9 Å². The van der Waals surface area contributed by atoms with Crippen LogP contribution in [-0.2, 0) is 22.6 Å². The molecule has 1 N–H and O–H groups in total. The molecule has 162 valence electrons. The molecule has 1 atom stereocenters. The maximum absolute atomic E-state index is 13.3. The summed E-state index contributed by atoms with van der Waals surface area (Å²) >= 11 is 0. The number of hydrogen-bond acceptors (Lipinski definition) is 4. The third-order valence-electron chi connectivity index (χ3n) is 7.39. The minimum Gasteiger partial charge on any atom is -0.336 e. The van der Waals surface area contributed by atoms with Gasteiger partial charge in [0, 0.05) is 30.5 Å². The first kappa shape index (κ1) is 19.8. The smallest absolute Gasteiger partial charge is 0.254 e. The molecule has 0 unspecified atom stereocenters. The molecule has 0 bridgehead atoms. The predicted octanol–water partition coefficient (Wildman–Crippen LogP) is 2.70. The summed E-state index contributed by atoms with van der Waals surface area (Å²) in [6.45, 7) is 1.76. The van der Waals surface area contributed by atoms with Crippen LogP contribution in [-0.4, -0.2) is 44.7 Å². The number of likely N-dealkylation sites (tertiary alicyclic amines) is 1. The summed E-state index contributed by atoms with van der Waals surface area (Å²) in [4.78, 5) is 50.3. The molecule has 1 aromatic rings. The summed E-state index contributed by atoms with van der Waals surface area (Å²) in [7, 11) is 0. The minimum absolute atomic E-state index is 0.0934. The molecule has 3 heterocycles. The predicted molar refractivity (Wildman–Crippen MR) is 112 cm³/mol. The van der Waals surface area contributed by atoms with Crippen LogP contribution in [0.5, 0.6) is 0 Å². The third kappa shape index (κ3) is 3.79. The molecule has 2 aliphatic carbocycles. The number of hydrogen-bond donors (Lipinski definition) is 1. The van der Waals surface area contributed by atoms with E-state index in [9.17, 15) is 14.4 Å². The Kier molecular flexibility index (Phi) is 5.37. The molecule has 30 heavy (non-hydrogen) atoms. The summed E-state index contributed by atoms with van der Waals surface area (Å²) < 4.78 is 0. The molecule has 2 aliphatic heterocycles. The van der Waals surface area contributed by atoms with E-state index in [2.05, 4.69) is 4.98 Å². The zero-order chi connectivity index (χ0) is 20.7. The van der Waals surface area contributed by atoms with Crippen molar-refractivity contribution in [1.82, 2.24) is 19.8 Å². The molecular formula is C23H32N4O3. The second-order valence-corrected chi connectivity index (χ2v) is 9.54. The lowest BCUT2D eigenvalue weighted by molar-refractivity contribution is -0.140. The van der Waals surface area contributed by atoms with Crippen LogP contribution in [0.25, 0.3) is 0 Å². The van der Waals surface area contributed by atoms with Crippen molar-refractivity contribution in [3.05, 3.63) is 27.4 Å². The van der Waals surface area contributed by atoms with Crippen LogP contribution in [0, 0.1) is 11.8 Å². The van der Waals surface area contributed by atoms with Crippen LogP contribution in [0.2, 0.25) is 0 Å². The molecule has 7 heteroatoms. The van der Waals surface area contributed by atoms with Gasteiger partial charge < -0.3 is 14.8 Å². The third-order valence-corrected chi connectivity index (χ3v) is 7.39. The van der Waals surface area contributed by atoms with Crippen molar-refractivity contribution in [2.45, 2.75) is 83.2 Å². The van der Waals surface area contributed by atoms with E-state index in [0.717, 1.165) is 70.0 Å². The quantitative estimate of drug-likeness (QED) is 0.827. The van der Waals surface area contributed by atoms with Gasteiger partial charge in [0.15, 0.2) is 0 Å². The fourth-order valence-electron chi connectivity index (χ4n) is 5.46. The van der Waals surface area contributed by atoms with Gasteiger partial charge in [-0.15, -0.1) is 0 Å². The van der Waals surface area contributed by atoms with E-state index in [-0.39, 0.29) is 35.3 Å². The largest absolute Gasteiger partial charge is 0.336 e. The van der Waals surface area contributed by atoms with E-state index in [1.54, 1.807) is 0 Å². The van der Waals surface area contributed by atoms with E-state index in [1.165, 1.54) is 6.42 Å². The van der Waals surface area contributed by atoms with Gasteiger partial charge in [0.2, 0.25) is 11.8 Å². The van der Waals surface area contributed by atoms with Crippen LogP contribution >= 0.6 is 0 Å². The van der Waals surface area contributed by atoms with Crippen LogP contribution in [0.15, 0.2) is 4.79 Å². The van der Waals surface area contributed by atoms with E-state index >= 15 is 0 Å². The van der Waals surface area contributed by atoms with Crippen LogP contribution < -0.4 is 5.56 Å². The Morgan fingerprint density at radius 1 is 0.867 bits per heavy atom. The first-order valence-electron chi connectivity index (χ1n) is 11.8. The van der Waals surface area contributed by atoms with Gasteiger partial charge in [-0.2, -0.15) is 0 Å². The second kappa shape index (κ2) is 8.16. The van der Waals surface area contributed by atoms with E-state index in [4.69, 9.17) is 4.98 Å². The number of nitrogens with zero attached hydrogens (tertiary/aromatic N) is 3. The molecule has 1 aromatic heterocycles. The maximum atomic E-state index is 13.3. The first-order chi connectivity index (χ1) is 14.6. The lowest BCUT2D eigenvalue weighted by Crippen LogP contribution is -2.44. The zero-order valence-electron chi connectivity index (χ0n) is 17.7. The van der Waals surface area contributed by atoms with Crippen molar-refractivity contribution < 1.29 is 9.59 Å². The Morgan fingerprint density at radius 3 is 2.37 bits per heavy atom. The van der Waals surface area contributed by atoms with E-state index < -0.39 is 0 Å². The van der Waals surface area contributed by atoms with Crippen molar-refractivity contribution >= 4 is 11.8 Å². The lowest BCUT2D eigenvalue weighted by atomic mass is 9.87. The molecule has 3 fully saturated rings. The van der Waals surface area contributed by atoms with Crippen LogP contribution in [0.3, 0.4) is 0 Å². The SMILES string of the molecule is O=C(C1CC1)N1CCc2c(nc([C@H]3CCCCN3C(=O)C3CCCCC3)[nH]c2=O)C1. The van der Waals surface area contributed by atoms with Gasteiger partial charge in [-0.3, -0.25) is 14.4 Å². The van der Waals surface area contributed by atoms with Crippen molar-refractivity contribution in [3.63, 3.8) is 0 Å². The van der Waals surface area contributed by atoms with Gasteiger partial charge in [-0.05, 0) is 51.4 Å². The summed E-state index contributed by atoms with van der Waals surface area (Å²) in [6.07, 6.45) is 10.9. The molecule has 2 saturated carbocycles. The fourth-order valence-corrected chi connectivity index (χ4v) is 5.46. The average molecular weight is 413 g/mol. The number of nitrogens with one attached hydrogen (secondary N) is 1. The van der Waals surface area contributed by atoms with Gasteiger partial charge in [0.1, 0.15) is 5.82 Å². The summed E-state index contributed by atoms with van der Waals surface area (Å²) in [5.74, 6) is 1.36. The normalized spacial score (nSPS) is 25.1. The van der Waals surface area contributed by atoms with Gasteiger partial charge in [-0.1, -0.05) is 19.3 Å². The highest BCUT2D eigenvalue weighted by Crippen LogP contribution is 2.35. The summed E-state index contributed by atoms with van der Waals surface area (Å²) in [6, 6.07) is -0.152. The Morgan fingerprint density at radius 2 is 1.60 bits per heavy atom. The van der Waals surface area contributed by atoms with Crippen molar-refractivity contribution in [2.75, 3.05) is 13.1 Å². The fraction of sp³-hybridized carbons (Fsp3) is 0.739. The molecule has 4 aliphatic rings. The Balaban J connectivity index is 1.40.